The van der Waals surface area contributed by atoms with Crippen LogP contribution in [0.2, 0.25) is 0 Å². The largest absolute Gasteiger partial charge is 0.338 e. The van der Waals surface area contributed by atoms with Crippen molar-refractivity contribution in [3.63, 3.8) is 0 Å². The number of carbonyl (C=O) groups excluding carboxylic acids is 1. The minimum absolute atomic E-state index is 0.240. The number of hydrogen-bond donors (Lipinski definition) is 0. The maximum absolute atomic E-state index is 13.0. The number of rotatable bonds is 8. The number of aromatic nitrogens is 3. The third-order valence-electron chi connectivity index (χ3n) is 6.09. The Balaban J connectivity index is 1.44. The Bertz CT molecular complexity index is 934. The second-order valence-corrected chi connectivity index (χ2v) is 8.20. The SMILES string of the molecule is Cc1nc2c(C#N)cnn2c(C)c1CCC(=O)N(CCN(C)C1CC1)C1CC1. The number of likely N-dealkylation sites (N-methyl/N-ethyl adjacent to an activating group) is 1. The molecule has 0 unspecified atom stereocenters. The van der Waals surface area contributed by atoms with E-state index in [0.29, 0.717) is 30.1 Å². The van der Waals surface area contributed by atoms with Crippen molar-refractivity contribution >= 4 is 11.6 Å². The number of hydrogen-bond acceptors (Lipinski definition) is 5. The van der Waals surface area contributed by atoms with Crippen molar-refractivity contribution in [1.82, 2.24) is 24.4 Å². The molecule has 2 fully saturated rings. The summed E-state index contributed by atoms with van der Waals surface area (Å²) in [4.78, 5) is 22.0. The van der Waals surface area contributed by atoms with Gasteiger partial charge in [-0.25, -0.2) is 9.50 Å². The van der Waals surface area contributed by atoms with E-state index in [1.807, 2.05) is 13.8 Å². The lowest BCUT2D eigenvalue weighted by Gasteiger charge is -2.26. The van der Waals surface area contributed by atoms with E-state index in [1.165, 1.54) is 12.8 Å². The Labute approximate surface area is 165 Å². The lowest BCUT2D eigenvalue weighted by molar-refractivity contribution is -0.132. The molecule has 2 aromatic heterocycles. The number of carbonyl (C=O) groups is 1. The van der Waals surface area contributed by atoms with Gasteiger partial charge in [-0.3, -0.25) is 4.79 Å². The van der Waals surface area contributed by atoms with Crippen molar-refractivity contribution in [2.75, 3.05) is 20.1 Å². The number of amides is 1. The van der Waals surface area contributed by atoms with Crippen LogP contribution in [0.25, 0.3) is 5.65 Å². The summed E-state index contributed by atoms with van der Waals surface area (Å²) < 4.78 is 1.72. The van der Waals surface area contributed by atoms with Gasteiger partial charge in [0.15, 0.2) is 5.65 Å². The molecule has 0 atom stereocenters. The second kappa shape index (κ2) is 7.51. The van der Waals surface area contributed by atoms with Gasteiger partial charge in [0.25, 0.3) is 0 Å². The van der Waals surface area contributed by atoms with Gasteiger partial charge in [0, 0.05) is 43.0 Å². The minimum Gasteiger partial charge on any atom is -0.338 e. The molecule has 0 aliphatic heterocycles. The van der Waals surface area contributed by atoms with E-state index in [-0.39, 0.29) is 5.91 Å². The van der Waals surface area contributed by atoms with Gasteiger partial charge in [-0.1, -0.05) is 0 Å². The van der Waals surface area contributed by atoms with Crippen molar-refractivity contribution in [2.45, 2.75) is 64.5 Å². The zero-order valence-corrected chi connectivity index (χ0v) is 17.0. The summed E-state index contributed by atoms with van der Waals surface area (Å²) in [6, 6.07) is 3.30. The monoisotopic (exact) mass is 380 g/mol. The summed E-state index contributed by atoms with van der Waals surface area (Å²) in [5.41, 5.74) is 3.97. The van der Waals surface area contributed by atoms with E-state index in [2.05, 4.69) is 33.0 Å². The van der Waals surface area contributed by atoms with Crippen LogP contribution in [0.1, 0.15) is 54.6 Å². The van der Waals surface area contributed by atoms with Gasteiger partial charge in [-0.15, -0.1) is 0 Å². The van der Waals surface area contributed by atoms with Crippen LogP contribution in [0.5, 0.6) is 0 Å². The first-order valence-corrected chi connectivity index (χ1v) is 10.2. The topological polar surface area (TPSA) is 77.5 Å². The molecular formula is C21H28N6O. The van der Waals surface area contributed by atoms with Gasteiger partial charge in [-0.05, 0) is 58.6 Å². The molecule has 0 saturated heterocycles. The van der Waals surface area contributed by atoms with Gasteiger partial charge in [0.2, 0.25) is 5.91 Å². The summed E-state index contributed by atoms with van der Waals surface area (Å²) in [6.45, 7) is 5.72. The Kier molecular flexibility index (Phi) is 5.07. The molecule has 7 nitrogen and oxygen atoms in total. The highest BCUT2D eigenvalue weighted by atomic mass is 16.2. The molecule has 28 heavy (non-hydrogen) atoms. The highest BCUT2D eigenvalue weighted by Crippen LogP contribution is 2.29. The molecule has 4 rings (SSSR count). The van der Waals surface area contributed by atoms with Crippen LogP contribution in [0.3, 0.4) is 0 Å². The molecule has 0 radical (unpaired) electrons. The highest BCUT2D eigenvalue weighted by Gasteiger charge is 2.33. The van der Waals surface area contributed by atoms with Gasteiger partial charge >= 0.3 is 0 Å². The summed E-state index contributed by atoms with van der Waals surface area (Å²) in [7, 11) is 2.17. The lowest BCUT2D eigenvalue weighted by Crippen LogP contribution is -2.39. The van der Waals surface area contributed by atoms with Crippen LogP contribution in [-0.2, 0) is 11.2 Å². The molecule has 0 spiro atoms. The summed E-state index contributed by atoms with van der Waals surface area (Å²) >= 11 is 0. The Morgan fingerprint density at radius 2 is 1.96 bits per heavy atom. The third kappa shape index (κ3) is 3.74. The predicted octanol–water partition coefficient (Wildman–Crippen LogP) is 2.24. The smallest absolute Gasteiger partial charge is 0.223 e. The van der Waals surface area contributed by atoms with Crippen LogP contribution in [0, 0.1) is 25.2 Å². The Morgan fingerprint density at radius 1 is 1.25 bits per heavy atom. The molecule has 2 aliphatic carbocycles. The van der Waals surface area contributed by atoms with E-state index in [0.717, 1.165) is 48.9 Å². The maximum Gasteiger partial charge on any atom is 0.223 e. The first-order chi connectivity index (χ1) is 13.5. The number of fused-ring (bicyclic) bond motifs is 1. The van der Waals surface area contributed by atoms with Crippen molar-refractivity contribution in [3.05, 3.63) is 28.7 Å². The summed E-state index contributed by atoms with van der Waals surface area (Å²) in [6.07, 6.45) is 7.55. The molecule has 0 bridgehead atoms. The molecule has 2 aromatic rings. The fourth-order valence-corrected chi connectivity index (χ4v) is 3.99. The molecular weight excluding hydrogens is 352 g/mol. The average molecular weight is 380 g/mol. The van der Waals surface area contributed by atoms with Gasteiger partial charge in [0.05, 0.1) is 6.20 Å². The van der Waals surface area contributed by atoms with Crippen molar-refractivity contribution < 1.29 is 4.79 Å². The first-order valence-electron chi connectivity index (χ1n) is 10.2. The standard InChI is InChI=1S/C21H28N6O/c1-14-19(15(2)27-21(24-14)16(12-22)13-23-27)8-9-20(28)26(18-6-7-18)11-10-25(3)17-4-5-17/h13,17-18H,4-11H2,1-3H3. The first kappa shape index (κ1) is 18.9. The van der Waals surface area contributed by atoms with Gasteiger partial charge in [0.1, 0.15) is 11.6 Å². The molecule has 2 aliphatic rings. The molecule has 2 saturated carbocycles. The molecule has 2 heterocycles. The van der Waals surface area contributed by atoms with E-state index in [9.17, 15) is 10.1 Å². The van der Waals surface area contributed by atoms with Crippen molar-refractivity contribution in [1.29, 1.82) is 5.26 Å². The van der Waals surface area contributed by atoms with E-state index < -0.39 is 0 Å². The van der Waals surface area contributed by atoms with E-state index >= 15 is 0 Å². The van der Waals surface area contributed by atoms with Crippen LogP contribution in [0.4, 0.5) is 0 Å². The number of nitrogens with zero attached hydrogens (tertiary/aromatic N) is 6. The third-order valence-corrected chi connectivity index (χ3v) is 6.09. The van der Waals surface area contributed by atoms with Crippen LogP contribution in [-0.4, -0.2) is 62.5 Å². The van der Waals surface area contributed by atoms with E-state index in [1.54, 1.807) is 10.7 Å². The second-order valence-electron chi connectivity index (χ2n) is 8.20. The predicted molar refractivity (Wildman–Crippen MR) is 106 cm³/mol. The lowest BCUT2D eigenvalue weighted by atomic mass is 10.1. The maximum atomic E-state index is 13.0. The van der Waals surface area contributed by atoms with E-state index in [4.69, 9.17) is 0 Å². The molecule has 0 N–H and O–H groups in total. The Morgan fingerprint density at radius 3 is 2.61 bits per heavy atom. The average Bonchev–Trinajstić information content (AvgIpc) is 3.58. The molecule has 148 valence electrons. The molecule has 7 heteroatoms. The normalized spacial score (nSPS) is 16.5. The molecule has 0 aromatic carbocycles. The quantitative estimate of drug-likeness (QED) is 0.702. The summed E-state index contributed by atoms with van der Waals surface area (Å²) in [5, 5.41) is 13.5. The highest BCUT2D eigenvalue weighted by molar-refractivity contribution is 5.77. The zero-order valence-electron chi connectivity index (χ0n) is 17.0. The molecule has 1 amide bonds. The van der Waals surface area contributed by atoms with Crippen LogP contribution in [0.15, 0.2) is 6.20 Å². The van der Waals surface area contributed by atoms with Gasteiger partial charge < -0.3 is 9.80 Å². The van der Waals surface area contributed by atoms with Crippen LogP contribution >= 0.6 is 0 Å². The van der Waals surface area contributed by atoms with Crippen molar-refractivity contribution in [2.24, 2.45) is 0 Å². The summed E-state index contributed by atoms with van der Waals surface area (Å²) in [5.74, 6) is 0.240. The van der Waals surface area contributed by atoms with Gasteiger partial charge in [-0.2, -0.15) is 10.4 Å². The minimum atomic E-state index is 0.240. The fraction of sp³-hybridized carbons (Fsp3) is 0.619. The fourth-order valence-electron chi connectivity index (χ4n) is 3.99. The van der Waals surface area contributed by atoms with Crippen molar-refractivity contribution in [3.8, 4) is 6.07 Å². The number of aryl methyl sites for hydroxylation is 2. The zero-order chi connectivity index (χ0) is 19.8. The number of nitriles is 1. The van der Waals surface area contributed by atoms with Crippen LogP contribution < -0.4 is 0 Å². The Hall–Kier alpha value is -2.46.